The first-order valence-corrected chi connectivity index (χ1v) is 13.1. The van der Waals surface area contributed by atoms with E-state index in [0.717, 1.165) is 15.6 Å². The average molecular weight is 478 g/mol. The fourth-order valence-electron chi connectivity index (χ4n) is 3.82. The Balaban J connectivity index is 1.87. The molecule has 2 heterocycles. The zero-order valence-corrected chi connectivity index (χ0v) is 20.4. The summed E-state index contributed by atoms with van der Waals surface area (Å²) in [4.78, 5) is 29.3. The molecule has 0 saturated carbocycles. The van der Waals surface area contributed by atoms with Gasteiger partial charge in [-0.3, -0.25) is 9.59 Å². The summed E-state index contributed by atoms with van der Waals surface area (Å²) in [5, 5.41) is 4.90. The van der Waals surface area contributed by atoms with Crippen LogP contribution in [0.25, 0.3) is 0 Å². The quantitative estimate of drug-likeness (QED) is 0.602. The highest BCUT2D eigenvalue weighted by molar-refractivity contribution is 7.89. The first-order chi connectivity index (χ1) is 15.1. The predicted octanol–water partition coefficient (Wildman–Crippen LogP) is 2.74. The first-order valence-electron chi connectivity index (χ1n) is 10.8. The van der Waals surface area contributed by atoms with Gasteiger partial charge in [0.15, 0.2) is 0 Å². The van der Waals surface area contributed by atoms with Crippen LogP contribution in [0, 0.1) is 5.92 Å². The van der Waals surface area contributed by atoms with Crippen LogP contribution in [0.1, 0.15) is 32.1 Å². The Morgan fingerprint density at radius 2 is 1.91 bits per heavy atom. The van der Waals surface area contributed by atoms with Crippen molar-refractivity contribution in [2.24, 2.45) is 5.92 Å². The highest BCUT2D eigenvalue weighted by Gasteiger charge is 2.50. The van der Waals surface area contributed by atoms with Gasteiger partial charge in [0.1, 0.15) is 5.54 Å². The zero-order chi connectivity index (χ0) is 23.4. The SMILES string of the molecule is CC(C)CCNC(=O)[C@]1(C)CN(S(=O)(=O)c2ccccc2)CC(=O)N1CCc1cccs1. The topological polar surface area (TPSA) is 86.8 Å². The van der Waals surface area contributed by atoms with E-state index >= 15 is 0 Å². The Labute approximate surface area is 194 Å². The summed E-state index contributed by atoms with van der Waals surface area (Å²) in [6, 6.07) is 12.0. The lowest BCUT2D eigenvalue weighted by Crippen LogP contribution is -2.70. The minimum Gasteiger partial charge on any atom is -0.354 e. The third-order valence-electron chi connectivity index (χ3n) is 5.73. The largest absolute Gasteiger partial charge is 0.354 e. The molecular formula is C23H31N3O4S2. The third kappa shape index (κ3) is 5.39. The number of carbonyl (C=O) groups is 2. The summed E-state index contributed by atoms with van der Waals surface area (Å²) in [5.74, 6) is -0.277. The fraction of sp³-hybridized carbons (Fsp3) is 0.478. The molecule has 1 fully saturated rings. The highest BCUT2D eigenvalue weighted by Crippen LogP contribution is 2.28. The highest BCUT2D eigenvalue weighted by atomic mass is 32.2. The van der Waals surface area contributed by atoms with E-state index in [1.807, 2.05) is 17.5 Å². The maximum Gasteiger partial charge on any atom is 0.247 e. The van der Waals surface area contributed by atoms with Crippen molar-refractivity contribution >= 4 is 33.2 Å². The number of carbonyl (C=O) groups excluding carboxylic acids is 2. The first kappa shape index (κ1) is 24.4. The molecule has 32 heavy (non-hydrogen) atoms. The van der Waals surface area contributed by atoms with E-state index in [4.69, 9.17) is 0 Å². The van der Waals surface area contributed by atoms with Crippen molar-refractivity contribution in [3.05, 3.63) is 52.7 Å². The van der Waals surface area contributed by atoms with E-state index in [1.54, 1.807) is 41.4 Å². The van der Waals surface area contributed by atoms with Crippen molar-refractivity contribution in [3.8, 4) is 0 Å². The lowest BCUT2D eigenvalue weighted by Gasteiger charge is -2.46. The van der Waals surface area contributed by atoms with Crippen LogP contribution < -0.4 is 5.32 Å². The summed E-state index contributed by atoms with van der Waals surface area (Å²) in [7, 11) is -3.91. The van der Waals surface area contributed by atoms with Gasteiger partial charge in [-0.1, -0.05) is 38.1 Å². The second kappa shape index (κ2) is 10.1. The smallest absolute Gasteiger partial charge is 0.247 e. The molecule has 1 aromatic heterocycles. The lowest BCUT2D eigenvalue weighted by atomic mass is 9.95. The van der Waals surface area contributed by atoms with Crippen molar-refractivity contribution in [2.45, 2.75) is 44.0 Å². The molecule has 2 aromatic rings. The molecule has 0 bridgehead atoms. The molecule has 0 spiro atoms. The summed E-state index contributed by atoms with van der Waals surface area (Å²) >= 11 is 1.60. The Morgan fingerprint density at radius 3 is 2.53 bits per heavy atom. The molecule has 1 N–H and O–H groups in total. The number of piperazine rings is 1. The molecule has 9 heteroatoms. The van der Waals surface area contributed by atoms with Crippen LogP contribution in [-0.2, 0) is 26.0 Å². The number of benzene rings is 1. The van der Waals surface area contributed by atoms with Crippen molar-refractivity contribution < 1.29 is 18.0 Å². The number of thiophene rings is 1. The molecule has 2 amide bonds. The molecule has 0 unspecified atom stereocenters. The molecule has 1 aromatic carbocycles. The molecule has 1 atom stereocenters. The van der Waals surface area contributed by atoms with Crippen LogP contribution in [0.4, 0.5) is 0 Å². The van der Waals surface area contributed by atoms with E-state index in [-0.39, 0.29) is 29.8 Å². The summed E-state index contributed by atoms with van der Waals surface area (Å²) in [6.07, 6.45) is 1.42. The molecule has 7 nitrogen and oxygen atoms in total. The number of nitrogens with one attached hydrogen (secondary N) is 1. The lowest BCUT2D eigenvalue weighted by molar-refractivity contribution is -0.152. The normalized spacial score (nSPS) is 20.0. The second-order valence-corrected chi connectivity index (χ2v) is 11.6. The van der Waals surface area contributed by atoms with Crippen molar-refractivity contribution in [1.29, 1.82) is 0 Å². The van der Waals surface area contributed by atoms with Crippen LogP contribution in [-0.4, -0.2) is 61.2 Å². The van der Waals surface area contributed by atoms with Crippen molar-refractivity contribution in [3.63, 3.8) is 0 Å². The Kier molecular flexibility index (Phi) is 7.74. The van der Waals surface area contributed by atoms with Gasteiger partial charge in [-0.15, -0.1) is 11.3 Å². The zero-order valence-electron chi connectivity index (χ0n) is 18.8. The average Bonchev–Trinajstić information content (AvgIpc) is 3.27. The van der Waals surface area contributed by atoms with E-state index in [0.29, 0.717) is 25.4 Å². The maximum absolute atomic E-state index is 13.3. The van der Waals surface area contributed by atoms with E-state index in [9.17, 15) is 18.0 Å². The maximum atomic E-state index is 13.3. The predicted molar refractivity (Wildman–Crippen MR) is 126 cm³/mol. The fourth-order valence-corrected chi connectivity index (χ4v) is 6.01. The minimum absolute atomic E-state index is 0.0894. The Morgan fingerprint density at radius 1 is 1.19 bits per heavy atom. The number of sulfonamides is 1. The van der Waals surface area contributed by atoms with E-state index < -0.39 is 15.6 Å². The number of hydrogen-bond donors (Lipinski definition) is 1. The molecular weight excluding hydrogens is 446 g/mol. The summed E-state index contributed by atoms with van der Waals surface area (Å²) in [6.45, 7) is 6.26. The monoisotopic (exact) mass is 477 g/mol. The summed E-state index contributed by atoms with van der Waals surface area (Å²) < 4.78 is 27.6. The summed E-state index contributed by atoms with van der Waals surface area (Å²) in [5.41, 5.74) is -1.30. The number of nitrogens with zero attached hydrogens (tertiary/aromatic N) is 2. The molecule has 174 valence electrons. The van der Waals surface area contributed by atoms with Gasteiger partial charge in [-0.2, -0.15) is 4.31 Å². The van der Waals surface area contributed by atoms with Crippen molar-refractivity contribution in [1.82, 2.24) is 14.5 Å². The molecule has 3 rings (SSSR count). The van der Waals surface area contributed by atoms with Gasteiger partial charge in [-0.25, -0.2) is 8.42 Å². The second-order valence-electron chi connectivity index (χ2n) is 8.67. The molecule has 0 aliphatic carbocycles. The minimum atomic E-state index is -3.91. The molecule has 1 aliphatic rings. The van der Waals surface area contributed by atoms with E-state index in [2.05, 4.69) is 19.2 Å². The van der Waals surface area contributed by atoms with Gasteiger partial charge >= 0.3 is 0 Å². The van der Waals surface area contributed by atoms with Crippen LogP contribution in [0.3, 0.4) is 0 Å². The third-order valence-corrected chi connectivity index (χ3v) is 8.47. The van der Waals surface area contributed by atoms with E-state index in [1.165, 1.54) is 12.1 Å². The van der Waals surface area contributed by atoms with Gasteiger partial charge in [-0.05, 0) is 49.3 Å². The number of hydrogen-bond acceptors (Lipinski definition) is 5. The van der Waals surface area contributed by atoms with Gasteiger partial charge in [0.05, 0.1) is 11.4 Å². The van der Waals surface area contributed by atoms with Crippen LogP contribution in [0.15, 0.2) is 52.7 Å². The van der Waals surface area contributed by atoms with Crippen molar-refractivity contribution in [2.75, 3.05) is 26.2 Å². The Hall–Kier alpha value is -2.23. The van der Waals surface area contributed by atoms with Gasteiger partial charge in [0.2, 0.25) is 21.8 Å². The standard InChI is InChI=1S/C23H31N3O4S2/c1-18(2)11-13-24-22(28)23(3)17-25(32(29,30)20-9-5-4-6-10-20)16-21(27)26(23)14-12-19-8-7-15-31-19/h4-10,15,18H,11-14,16-17H2,1-3H3,(H,24,28)/t23-/m0/s1. The molecule has 1 saturated heterocycles. The van der Waals surface area contributed by atoms with Gasteiger partial charge in [0.25, 0.3) is 0 Å². The number of rotatable bonds is 9. The van der Waals surface area contributed by atoms with Crippen LogP contribution in [0.5, 0.6) is 0 Å². The molecule has 0 radical (unpaired) electrons. The van der Waals surface area contributed by atoms with Gasteiger partial charge in [0, 0.05) is 24.5 Å². The Bertz CT molecular complexity index is 1020. The van der Waals surface area contributed by atoms with Crippen LogP contribution in [0.2, 0.25) is 0 Å². The van der Waals surface area contributed by atoms with Gasteiger partial charge < -0.3 is 10.2 Å². The van der Waals surface area contributed by atoms with Crippen LogP contribution >= 0.6 is 11.3 Å². The number of amides is 2. The molecule has 1 aliphatic heterocycles.